The fraction of sp³-hybridized carbons (Fsp3) is 0.767. The van der Waals surface area contributed by atoms with Crippen molar-refractivity contribution in [1.82, 2.24) is 0 Å². The number of nitrogens with one attached hydrogen (secondary N) is 1. The summed E-state index contributed by atoms with van der Waals surface area (Å²) in [7, 11) is -3.76. The lowest BCUT2D eigenvalue weighted by molar-refractivity contribution is -0.174. The van der Waals surface area contributed by atoms with Crippen LogP contribution in [-0.4, -0.2) is 36.7 Å². The van der Waals surface area contributed by atoms with E-state index in [0.29, 0.717) is 47.6 Å². The number of anilines is 1. The van der Waals surface area contributed by atoms with E-state index < -0.39 is 10.0 Å². The van der Waals surface area contributed by atoms with Gasteiger partial charge in [-0.25, -0.2) is 13.6 Å². The van der Waals surface area contributed by atoms with Gasteiger partial charge in [-0.05, 0) is 128 Å². The molecule has 8 heteroatoms. The molecule has 0 radical (unpaired) electrons. The molecule has 38 heavy (non-hydrogen) atoms. The molecular formula is C30H46N2O5S. The number of amides is 1. The summed E-state index contributed by atoms with van der Waals surface area (Å²) in [6.07, 6.45) is 9.14. The smallest absolute Gasteiger partial charge is 0.238 e. The van der Waals surface area contributed by atoms with Gasteiger partial charge < -0.3 is 15.5 Å². The largest absolute Gasteiger partial charge is 0.393 e. The number of carbonyl (C=O) groups excluding carboxylic acids is 1. The van der Waals surface area contributed by atoms with Crippen molar-refractivity contribution in [3.8, 4) is 0 Å². The molecule has 4 aliphatic carbocycles. The molecule has 4 saturated carbocycles. The molecular weight excluding hydrogens is 500 g/mol. The summed E-state index contributed by atoms with van der Waals surface area (Å²) in [5.74, 6) is 2.93. The fourth-order valence-corrected chi connectivity index (χ4v) is 10.2. The first-order valence-electron chi connectivity index (χ1n) is 14.6. The van der Waals surface area contributed by atoms with Gasteiger partial charge in [-0.15, -0.1) is 0 Å². The van der Waals surface area contributed by atoms with E-state index in [-0.39, 0.29) is 33.8 Å². The van der Waals surface area contributed by atoms with Crippen LogP contribution < -0.4 is 10.5 Å². The number of fused-ring (bicyclic) bond motifs is 5. The zero-order valence-electron chi connectivity index (χ0n) is 23.1. The number of nitrogens with two attached hydrogens (primary N) is 1. The van der Waals surface area contributed by atoms with Gasteiger partial charge in [-0.1, -0.05) is 20.8 Å². The van der Waals surface area contributed by atoms with Crippen LogP contribution in [-0.2, 0) is 14.8 Å². The van der Waals surface area contributed by atoms with Crippen LogP contribution in [0.25, 0.3) is 0 Å². The predicted octanol–water partition coefficient (Wildman–Crippen LogP) is 4.68. The Hall–Kier alpha value is -1.48. The third-order valence-corrected chi connectivity index (χ3v) is 12.7. The predicted molar refractivity (Wildman–Crippen MR) is 147 cm³/mol. The molecule has 212 valence electrons. The summed E-state index contributed by atoms with van der Waals surface area (Å²) in [5.41, 5.74) is 0.674. The Bertz CT molecular complexity index is 1140. The van der Waals surface area contributed by atoms with E-state index in [1.165, 1.54) is 25.0 Å². The maximum atomic E-state index is 12.7. The monoisotopic (exact) mass is 546 g/mol. The van der Waals surface area contributed by atoms with Gasteiger partial charge in [0.25, 0.3) is 0 Å². The average Bonchev–Trinajstić information content (AvgIpc) is 3.22. The molecule has 0 aromatic heterocycles. The highest BCUT2D eigenvalue weighted by Crippen LogP contribution is 2.68. The van der Waals surface area contributed by atoms with Crippen LogP contribution in [0.5, 0.6) is 0 Å². The van der Waals surface area contributed by atoms with E-state index >= 15 is 0 Å². The van der Waals surface area contributed by atoms with E-state index in [4.69, 9.17) is 5.14 Å². The second kappa shape index (κ2) is 10.2. The van der Waals surface area contributed by atoms with Gasteiger partial charge in [-0.3, -0.25) is 4.79 Å². The van der Waals surface area contributed by atoms with Crippen molar-refractivity contribution in [3.05, 3.63) is 24.3 Å². The topological polar surface area (TPSA) is 130 Å². The van der Waals surface area contributed by atoms with Crippen LogP contribution in [0.15, 0.2) is 29.2 Å². The molecule has 1 amide bonds. The van der Waals surface area contributed by atoms with E-state index in [1.54, 1.807) is 12.1 Å². The van der Waals surface area contributed by atoms with E-state index in [2.05, 4.69) is 26.1 Å². The normalized spacial score (nSPS) is 41.5. The second-order valence-electron chi connectivity index (χ2n) is 13.5. The maximum absolute atomic E-state index is 12.7. The molecule has 0 bridgehead atoms. The number of primary sulfonamides is 1. The number of aliphatic hydroxyl groups is 2. The first kappa shape index (κ1) is 28.1. The number of sulfonamides is 1. The van der Waals surface area contributed by atoms with Gasteiger partial charge in [-0.2, -0.15) is 0 Å². The number of aliphatic hydroxyl groups excluding tert-OH is 2. The fourth-order valence-electron chi connectivity index (χ4n) is 9.67. The Morgan fingerprint density at radius 3 is 2.45 bits per heavy atom. The average molecular weight is 547 g/mol. The number of benzene rings is 1. The van der Waals surface area contributed by atoms with Crippen LogP contribution in [0, 0.1) is 46.3 Å². The molecule has 1 aromatic rings. The first-order valence-corrected chi connectivity index (χ1v) is 16.2. The molecule has 1 aromatic carbocycles. The summed E-state index contributed by atoms with van der Waals surface area (Å²) in [4.78, 5) is 12.7. The van der Waals surface area contributed by atoms with Gasteiger partial charge in [0.15, 0.2) is 0 Å². The van der Waals surface area contributed by atoms with E-state index in [0.717, 1.165) is 44.9 Å². The molecule has 5 N–H and O–H groups in total. The molecule has 10 atom stereocenters. The van der Waals surface area contributed by atoms with Crippen LogP contribution in [0.3, 0.4) is 0 Å². The highest BCUT2D eigenvalue weighted by atomic mass is 32.2. The second-order valence-corrected chi connectivity index (χ2v) is 15.1. The lowest BCUT2D eigenvalue weighted by Gasteiger charge is -2.62. The number of hydrogen-bond acceptors (Lipinski definition) is 5. The summed E-state index contributed by atoms with van der Waals surface area (Å²) < 4.78 is 22.9. The SMILES string of the molecule is C[C@H](CCC(=O)Nc1ccc(S(N)(=O)=O)cc1)[C@H]1CC[C@H]2[C@@H]3CC[C@@H]4C[C@H](O)CC[C@]4(C)[C@H]3C[C@H](O)[C@]12C. The van der Waals surface area contributed by atoms with E-state index in [1.807, 2.05) is 0 Å². The Balaban J connectivity index is 1.22. The molecule has 0 aliphatic heterocycles. The quantitative estimate of drug-likeness (QED) is 0.412. The Labute approximate surface area is 228 Å². The van der Waals surface area contributed by atoms with Crippen molar-refractivity contribution < 1.29 is 23.4 Å². The first-order chi connectivity index (χ1) is 17.8. The maximum Gasteiger partial charge on any atom is 0.238 e. The van der Waals surface area contributed by atoms with Crippen LogP contribution >= 0.6 is 0 Å². The molecule has 0 heterocycles. The Morgan fingerprint density at radius 2 is 1.76 bits per heavy atom. The molecule has 0 spiro atoms. The Morgan fingerprint density at radius 1 is 1.05 bits per heavy atom. The number of rotatable bonds is 6. The minimum Gasteiger partial charge on any atom is -0.393 e. The minimum atomic E-state index is -3.76. The lowest BCUT2D eigenvalue weighted by atomic mass is 9.43. The zero-order valence-corrected chi connectivity index (χ0v) is 23.9. The summed E-state index contributed by atoms with van der Waals surface area (Å²) in [6, 6.07) is 5.91. The lowest BCUT2D eigenvalue weighted by Crippen LogP contribution is -2.58. The van der Waals surface area contributed by atoms with Crippen molar-refractivity contribution in [2.45, 2.75) is 102 Å². The molecule has 4 aliphatic rings. The molecule has 4 fully saturated rings. The summed E-state index contributed by atoms with van der Waals surface area (Å²) in [5, 5.41) is 30.1. The van der Waals surface area contributed by atoms with Crippen molar-refractivity contribution in [2.24, 2.45) is 51.5 Å². The third-order valence-electron chi connectivity index (χ3n) is 11.8. The van der Waals surface area contributed by atoms with Crippen molar-refractivity contribution in [2.75, 3.05) is 5.32 Å². The van der Waals surface area contributed by atoms with Crippen molar-refractivity contribution in [1.29, 1.82) is 0 Å². The standard InChI is InChI=1S/C30H46N2O5S/c1-18(4-13-28(35)32-20-6-8-22(9-7-20)38(31,36)37)24-11-12-25-23-10-5-19-16-21(33)14-15-29(19,2)26(23)17-27(34)30(24,25)3/h6-9,18-19,21,23-27,33-34H,4-5,10-17H2,1-3H3,(H,32,35)(H2,31,36,37)/t18-,19-,21-,23+,24-,25+,26+,27+,29+,30-/m1/s1. The van der Waals surface area contributed by atoms with Gasteiger partial charge in [0.1, 0.15) is 0 Å². The van der Waals surface area contributed by atoms with Gasteiger partial charge in [0.05, 0.1) is 17.1 Å². The summed E-state index contributed by atoms with van der Waals surface area (Å²) in [6.45, 7) is 7.02. The highest BCUT2D eigenvalue weighted by Gasteiger charge is 2.63. The molecule has 7 nitrogen and oxygen atoms in total. The van der Waals surface area contributed by atoms with Crippen LogP contribution in [0.1, 0.15) is 85.0 Å². The van der Waals surface area contributed by atoms with Gasteiger partial charge in [0, 0.05) is 12.1 Å². The number of carbonyl (C=O) groups is 1. The van der Waals surface area contributed by atoms with Gasteiger partial charge >= 0.3 is 0 Å². The zero-order chi connectivity index (χ0) is 27.5. The highest BCUT2D eigenvalue weighted by molar-refractivity contribution is 7.89. The van der Waals surface area contributed by atoms with Crippen molar-refractivity contribution >= 4 is 21.6 Å². The van der Waals surface area contributed by atoms with Crippen molar-refractivity contribution in [3.63, 3.8) is 0 Å². The molecule has 0 saturated heterocycles. The third kappa shape index (κ3) is 4.84. The number of hydrogen-bond donors (Lipinski definition) is 4. The summed E-state index contributed by atoms with van der Waals surface area (Å²) >= 11 is 0. The van der Waals surface area contributed by atoms with E-state index in [9.17, 15) is 23.4 Å². The molecule has 0 unspecified atom stereocenters. The minimum absolute atomic E-state index is 0.0185. The van der Waals surface area contributed by atoms with Gasteiger partial charge in [0.2, 0.25) is 15.9 Å². The Kier molecular flexibility index (Phi) is 7.51. The van der Waals surface area contributed by atoms with Crippen LogP contribution in [0.4, 0.5) is 5.69 Å². The molecule has 5 rings (SSSR count). The van der Waals surface area contributed by atoms with Crippen LogP contribution in [0.2, 0.25) is 0 Å².